The minimum absolute atomic E-state index is 0.189. The van der Waals surface area contributed by atoms with E-state index in [4.69, 9.17) is 12.2 Å². The van der Waals surface area contributed by atoms with Crippen LogP contribution in [0.3, 0.4) is 0 Å². The molecule has 33 heavy (non-hydrogen) atoms. The first-order valence-corrected chi connectivity index (χ1v) is 13.8. The summed E-state index contributed by atoms with van der Waals surface area (Å²) < 4.78 is 0. The summed E-state index contributed by atoms with van der Waals surface area (Å²) >= 11 is 5.80. The zero-order valence-electron chi connectivity index (χ0n) is 20.0. The van der Waals surface area contributed by atoms with Gasteiger partial charge in [0.25, 0.3) is 0 Å². The predicted molar refractivity (Wildman–Crippen MR) is 148 cm³/mol. The fourth-order valence-corrected chi connectivity index (χ4v) is 8.05. The molecule has 2 N–H and O–H groups in total. The Kier molecular flexibility index (Phi) is 8.35. The van der Waals surface area contributed by atoms with Gasteiger partial charge in [-0.05, 0) is 81.9 Å². The van der Waals surface area contributed by atoms with Gasteiger partial charge in [0.1, 0.15) is 0 Å². The van der Waals surface area contributed by atoms with Gasteiger partial charge in [0.2, 0.25) is 0 Å². The highest BCUT2D eigenvalue weighted by Gasteiger charge is 2.29. The number of benzene rings is 2. The Hall–Kier alpha value is -2.00. The fourth-order valence-electron chi connectivity index (χ4n) is 5.10. The summed E-state index contributed by atoms with van der Waals surface area (Å²) in [5, 5.41) is 12.3. The molecule has 0 saturated heterocycles. The van der Waals surface area contributed by atoms with Crippen LogP contribution in [-0.2, 0) is 0 Å². The molecule has 5 heteroatoms. The average molecular weight is 478 g/mol. The normalized spacial score (nSPS) is 21.5. The lowest BCUT2D eigenvalue weighted by Crippen LogP contribution is -2.54. The van der Waals surface area contributed by atoms with Crippen LogP contribution >= 0.6 is 20.1 Å². The monoisotopic (exact) mass is 477 g/mol. The molecule has 2 aliphatic carbocycles. The summed E-state index contributed by atoms with van der Waals surface area (Å²) in [5.74, 6) is 0. The molecule has 0 radical (unpaired) electrons. The van der Waals surface area contributed by atoms with Gasteiger partial charge in [-0.25, -0.2) is 0 Å². The summed E-state index contributed by atoms with van der Waals surface area (Å²) in [6.45, 7) is 2.25. The Balaban J connectivity index is 1.54. The molecule has 0 unspecified atom stereocenters. The number of thiocarbonyl (C=S) groups is 1. The molecule has 3 nitrogen and oxygen atoms in total. The van der Waals surface area contributed by atoms with E-state index in [-0.39, 0.29) is 6.04 Å². The molecule has 2 aromatic rings. The molecule has 1 saturated carbocycles. The van der Waals surface area contributed by atoms with E-state index < -0.39 is 7.92 Å². The molecule has 2 aromatic carbocycles. The summed E-state index contributed by atoms with van der Waals surface area (Å²) in [6.07, 6.45) is 10.6. The Bertz CT molecular complexity index is 947. The number of rotatable bonds is 7. The second-order valence-corrected chi connectivity index (χ2v) is 11.9. The van der Waals surface area contributed by atoms with Gasteiger partial charge >= 0.3 is 0 Å². The number of hydrogen-bond donors (Lipinski definition) is 2. The maximum atomic E-state index is 5.80. The van der Waals surface area contributed by atoms with E-state index in [9.17, 15) is 0 Å². The highest BCUT2D eigenvalue weighted by molar-refractivity contribution is 7.80. The SMILES string of the molecule is C[C@@H](NC(=S)N[C@@H]1CCCC[C@H]1N(C)C)C1=C(P(c2ccccc2)c2ccccc2)C=CC1. The molecule has 0 amide bonds. The Morgan fingerprint density at radius 2 is 1.58 bits per heavy atom. The minimum Gasteiger partial charge on any atom is -0.358 e. The first-order valence-electron chi connectivity index (χ1n) is 12.1. The molecular weight excluding hydrogens is 441 g/mol. The van der Waals surface area contributed by atoms with Crippen molar-refractivity contribution in [1.82, 2.24) is 15.5 Å². The van der Waals surface area contributed by atoms with Crippen molar-refractivity contribution in [2.24, 2.45) is 0 Å². The van der Waals surface area contributed by atoms with Gasteiger partial charge in [0.05, 0.1) is 0 Å². The topological polar surface area (TPSA) is 27.3 Å². The van der Waals surface area contributed by atoms with Crippen molar-refractivity contribution < 1.29 is 0 Å². The molecule has 0 aliphatic heterocycles. The van der Waals surface area contributed by atoms with E-state index in [0.717, 1.165) is 11.5 Å². The van der Waals surface area contributed by atoms with Crippen molar-refractivity contribution in [2.75, 3.05) is 14.1 Å². The minimum atomic E-state index is -0.599. The molecular formula is C28H36N3PS. The quantitative estimate of drug-likeness (QED) is 0.431. The highest BCUT2D eigenvalue weighted by atomic mass is 32.1. The summed E-state index contributed by atoms with van der Waals surface area (Å²) in [7, 11) is 3.76. The summed E-state index contributed by atoms with van der Waals surface area (Å²) in [5.41, 5.74) is 1.45. The predicted octanol–water partition coefficient (Wildman–Crippen LogP) is 5.06. The number of nitrogens with zero attached hydrogens (tertiary/aromatic N) is 1. The molecule has 3 atom stereocenters. The van der Waals surface area contributed by atoms with Gasteiger partial charge in [-0.2, -0.15) is 0 Å². The molecule has 1 fully saturated rings. The van der Waals surface area contributed by atoms with E-state index in [0.29, 0.717) is 12.1 Å². The lowest BCUT2D eigenvalue weighted by molar-refractivity contribution is 0.189. The smallest absolute Gasteiger partial charge is 0.167 e. The number of hydrogen-bond acceptors (Lipinski definition) is 2. The van der Waals surface area contributed by atoms with Crippen molar-refractivity contribution >= 4 is 35.9 Å². The van der Waals surface area contributed by atoms with Crippen molar-refractivity contribution in [3.05, 3.63) is 83.7 Å². The third-order valence-corrected chi connectivity index (χ3v) is 9.57. The Labute approximate surface area is 206 Å². The van der Waals surface area contributed by atoms with E-state index in [1.165, 1.54) is 47.2 Å². The van der Waals surface area contributed by atoms with Crippen LogP contribution in [0.2, 0.25) is 0 Å². The Morgan fingerprint density at radius 3 is 2.18 bits per heavy atom. The zero-order valence-corrected chi connectivity index (χ0v) is 21.7. The zero-order chi connectivity index (χ0) is 23.2. The molecule has 0 spiro atoms. The van der Waals surface area contributed by atoms with Gasteiger partial charge < -0.3 is 15.5 Å². The molecule has 0 bridgehead atoms. The van der Waals surface area contributed by atoms with Gasteiger partial charge in [-0.3, -0.25) is 0 Å². The van der Waals surface area contributed by atoms with Crippen molar-refractivity contribution in [3.63, 3.8) is 0 Å². The molecule has 174 valence electrons. The van der Waals surface area contributed by atoms with Crippen LogP contribution in [0, 0.1) is 0 Å². The van der Waals surface area contributed by atoms with Crippen LogP contribution in [0.1, 0.15) is 39.0 Å². The van der Waals surface area contributed by atoms with Crippen molar-refractivity contribution in [1.29, 1.82) is 0 Å². The van der Waals surface area contributed by atoms with Crippen LogP contribution in [0.4, 0.5) is 0 Å². The molecule has 4 rings (SSSR count). The van der Waals surface area contributed by atoms with Crippen LogP contribution in [0.5, 0.6) is 0 Å². The Morgan fingerprint density at radius 1 is 0.970 bits per heavy atom. The van der Waals surface area contributed by atoms with E-state index in [1.807, 2.05) is 0 Å². The van der Waals surface area contributed by atoms with Crippen molar-refractivity contribution in [3.8, 4) is 0 Å². The third-order valence-electron chi connectivity index (χ3n) is 6.79. The number of nitrogens with one attached hydrogen (secondary N) is 2. The average Bonchev–Trinajstić information content (AvgIpc) is 3.30. The maximum Gasteiger partial charge on any atom is 0.167 e. The van der Waals surface area contributed by atoms with Crippen LogP contribution < -0.4 is 21.2 Å². The maximum absolute atomic E-state index is 5.80. The van der Waals surface area contributed by atoms with Gasteiger partial charge in [0.15, 0.2) is 5.11 Å². The first-order chi connectivity index (χ1) is 16.0. The third kappa shape index (κ3) is 5.93. The lowest BCUT2D eigenvalue weighted by atomic mass is 9.89. The second-order valence-electron chi connectivity index (χ2n) is 9.28. The summed E-state index contributed by atoms with van der Waals surface area (Å²) in [6, 6.07) is 23.0. The van der Waals surface area contributed by atoms with Gasteiger partial charge in [-0.15, -0.1) is 0 Å². The largest absolute Gasteiger partial charge is 0.358 e. The lowest BCUT2D eigenvalue weighted by Gasteiger charge is -2.37. The number of allylic oxidation sites excluding steroid dienone is 3. The fraction of sp³-hybridized carbons (Fsp3) is 0.393. The number of likely N-dealkylation sites (N-methyl/N-ethyl adjacent to an activating group) is 1. The van der Waals surface area contributed by atoms with E-state index >= 15 is 0 Å². The van der Waals surface area contributed by atoms with E-state index in [2.05, 4.69) is 109 Å². The second kappa shape index (κ2) is 11.4. The standard InChI is InChI=1S/C28H36N3PS/c1-21(29-28(33)30-25-18-10-11-19-26(25)31(2)3)24-17-12-20-27(24)32(22-13-6-4-7-14-22)23-15-8-5-9-16-23/h4-9,12-16,20-21,25-26H,10-11,17-19H2,1-3H3,(H2,29,30,33)/t21-,25-,26-/m1/s1. The van der Waals surface area contributed by atoms with Gasteiger partial charge in [0, 0.05) is 18.1 Å². The molecule has 2 aliphatic rings. The molecule has 0 aromatic heterocycles. The molecule has 0 heterocycles. The van der Waals surface area contributed by atoms with Crippen LogP contribution in [0.15, 0.2) is 83.7 Å². The van der Waals surface area contributed by atoms with E-state index in [1.54, 1.807) is 0 Å². The highest BCUT2D eigenvalue weighted by Crippen LogP contribution is 2.48. The van der Waals surface area contributed by atoms with Crippen LogP contribution in [0.25, 0.3) is 0 Å². The first kappa shape index (κ1) is 24.1. The van der Waals surface area contributed by atoms with Crippen molar-refractivity contribution in [2.45, 2.75) is 57.2 Å². The summed E-state index contributed by atoms with van der Waals surface area (Å²) in [4.78, 5) is 2.34. The van der Waals surface area contributed by atoms with Crippen LogP contribution in [-0.4, -0.2) is 42.2 Å². The van der Waals surface area contributed by atoms with Gasteiger partial charge in [-0.1, -0.05) is 85.7 Å².